The summed E-state index contributed by atoms with van der Waals surface area (Å²) in [4.78, 5) is 18.2. The van der Waals surface area contributed by atoms with Crippen molar-refractivity contribution in [3.63, 3.8) is 0 Å². The average molecular weight is 237 g/mol. The summed E-state index contributed by atoms with van der Waals surface area (Å²) in [6.07, 6.45) is 4.62. The fourth-order valence-corrected chi connectivity index (χ4v) is 2.31. The minimum atomic E-state index is 0.0141. The van der Waals surface area contributed by atoms with Gasteiger partial charge in [0, 0.05) is 19.9 Å². The van der Waals surface area contributed by atoms with Crippen LogP contribution in [0.15, 0.2) is 4.52 Å². The first kappa shape index (κ1) is 12.1. The maximum absolute atomic E-state index is 12.0. The van der Waals surface area contributed by atoms with Crippen molar-refractivity contribution >= 4 is 5.91 Å². The van der Waals surface area contributed by atoms with Gasteiger partial charge in [0.1, 0.15) is 0 Å². The number of hydrogen-bond donors (Lipinski definition) is 0. The highest BCUT2D eigenvalue weighted by molar-refractivity contribution is 5.76. The highest BCUT2D eigenvalue weighted by Gasteiger charge is 2.30. The molecular formula is C12H19N3O2. The van der Waals surface area contributed by atoms with Crippen molar-refractivity contribution < 1.29 is 9.32 Å². The first-order valence-corrected chi connectivity index (χ1v) is 6.32. The van der Waals surface area contributed by atoms with Crippen LogP contribution in [-0.4, -0.2) is 27.5 Å². The Morgan fingerprint density at radius 3 is 3.00 bits per heavy atom. The van der Waals surface area contributed by atoms with E-state index in [1.807, 2.05) is 11.8 Å². The van der Waals surface area contributed by atoms with Crippen LogP contribution in [-0.2, 0) is 4.79 Å². The molecule has 5 heteroatoms. The molecule has 5 nitrogen and oxygen atoms in total. The number of carbonyl (C=O) groups is 1. The molecular weight excluding hydrogens is 218 g/mol. The molecule has 1 aromatic rings. The monoisotopic (exact) mass is 237 g/mol. The second kappa shape index (κ2) is 5.29. The van der Waals surface area contributed by atoms with Crippen LogP contribution in [0, 0.1) is 6.92 Å². The first-order chi connectivity index (χ1) is 8.22. The summed E-state index contributed by atoms with van der Waals surface area (Å²) >= 11 is 0. The molecule has 2 heterocycles. The van der Waals surface area contributed by atoms with E-state index in [2.05, 4.69) is 10.1 Å². The molecule has 1 aliphatic rings. The molecule has 1 aliphatic heterocycles. The van der Waals surface area contributed by atoms with Crippen LogP contribution in [0.4, 0.5) is 0 Å². The van der Waals surface area contributed by atoms with Gasteiger partial charge >= 0.3 is 0 Å². The minimum absolute atomic E-state index is 0.0141. The van der Waals surface area contributed by atoms with E-state index in [4.69, 9.17) is 4.52 Å². The van der Waals surface area contributed by atoms with Crippen molar-refractivity contribution in [3.8, 4) is 0 Å². The summed E-state index contributed by atoms with van der Waals surface area (Å²) in [5.41, 5.74) is 0. The van der Waals surface area contributed by atoms with Crippen molar-refractivity contribution in [2.24, 2.45) is 0 Å². The molecule has 1 aromatic heterocycles. The number of nitrogens with zero attached hydrogens (tertiary/aromatic N) is 3. The Bertz CT molecular complexity index is 389. The summed E-state index contributed by atoms with van der Waals surface area (Å²) in [6.45, 7) is 4.62. The molecule has 0 N–H and O–H groups in total. The Hall–Kier alpha value is -1.39. The van der Waals surface area contributed by atoms with Gasteiger partial charge in [-0.1, -0.05) is 12.1 Å². The van der Waals surface area contributed by atoms with Crippen molar-refractivity contribution in [1.29, 1.82) is 0 Å². The summed E-state index contributed by atoms with van der Waals surface area (Å²) < 4.78 is 5.01. The van der Waals surface area contributed by atoms with E-state index in [0.717, 1.165) is 32.2 Å². The van der Waals surface area contributed by atoms with Gasteiger partial charge in [-0.15, -0.1) is 0 Å². The zero-order chi connectivity index (χ0) is 12.3. The quantitative estimate of drug-likeness (QED) is 0.808. The number of likely N-dealkylation sites (tertiary alicyclic amines) is 1. The zero-order valence-corrected chi connectivity index (χ0v) is 10.5. The van der Waals surface area contributed by atoms with Crippen LogP contribution in [0.1, 0.15) is 56.8 Å². The van der Waals surface area contributed by atoms with Gasteiger partial charge in [0.25, 0.3) is 0 Å². The molecule has 0 radical (unpaired) electrons. The third-order valence-corrected chi connectivity index (χ3v) is 3.13. The minimum Gasteiger partial charge on any atom is -0.340 e. The maximum Gasteiger partial charge on any atom is 0.223 e. The van der Waals surface area contributed by atoms with E-state index in [0.29, 0.717) is 18.1 Å². The number of hydrogen-bond acceptors (Lipinski definition) is 4. The number of amides is 1. The van der Waals surface area contributed by atoms with Gasteiger partial charge in [-0.05, 0) is 25.7 Å². The Labute approximate surface area is 101 Å². The van der Waals surface area contributed by atoms with Gasteiger partial charge in [0.05, 0.1) is 6.04 Å². The number of rotatable bonds is 3. The SMILES string of the molecule is CCCC(=O)N1CCCCC1c1noc(C)n1. The fourth-order valence-electron chi connectivity index (χ4n) is 2.31. The lowest BCUT2D eigenvalue weighted by Gasteiger charge is -2.33. The lowest BCUT2D eigenvalue weighted by atomic mass is 10.0. The second-order valence-electron chi connectivity index (χ2n) is 4.52. The highest BCUT2D eigenvalue weighted by Crippen LogP contribution is 2.29. The van der Waals surface area contributed by atoms with E-state index in [9.17, 15) is 4.79 Å². The van der Waals surface area contributed by atoms with E-state index in [1.165, 1.54) is 0 Å². The molecule has 0 aliphatic carbocycles. The third-order valence-electron chi connectivity index (χ3n) is 3.13. The van der Waals surface area contributed by atoms with E-state index >= 15 is 0 Å². The van der Waals surface area contributed by atoms with Gasteiger partial charge in [-0.2, -0.15) is 4.98 Å². The highest BCUT2D eigenvalue weighted by atomic mass is 16.5. The largest absolute Gasteiger partial charge is 0.340 e. The van der Waals surface area contributed by atoms with Crippen molar-refractivity contribution in [2.45, 2.75) is 52.0 Å². The summed E-state index contributed by atoms with van der Waals surface area (Å²) in [5, 5.41) is 3.95. The predicted octanol–water partition coefficient (Wildman–Crippen LogP) is 2.23. The standard InChI is InChI=1S/C12H19N3O2/c1-3-6-11(16)15-8-5-4-7-10(15)12-13-9(2)17-14-12/h10H,3-8H2,1-2H3. The lowest BCUT2D eigenvalue weighted by molar-refractivity contribution is -0.135. The molecule has 0 bridgehead atoms. The van der Waals surface area contributed by atoms with Gasteiger partial charge in [-0.25, -0.2) is 0 Å². The molecule has 17 heavy (non-hydrogen) atoms. The molecule has 0 spiro atoms. The van der Waals surface area contributed by atoms with Crippen LogP contribution >= 0.6 is 0 Å². The summed E-state index contributed by atoms with van der Waals surface area (Å²) in [6, 6.07) is 0.0141. The predicted molar refractivity (Wildman–Crippen MR) is 62.2 cm³/mol. The second-order valence-corrected chi connectivity index (χ2v) is 4.52. The lowest BCUT2D eigenvalue weighted by Crippen LogP contribution is -2.38. The van der Waals surface area contributed by atoms with Crippen molar-refractivity contribution in [1.82, 2.24) is 15.0 Å². The number of aryl methyl sites for hydroxylation is 1. The number of carbonyl (C=O) groups excluding carboxylic acids is 1. The molecule has 0 saturated carbocycles. The maximum atomic E-state index is 12.0. The molecule has 1 saturated heterocycles. The topological polar surface area (TPSA) is 59.2 Å². The Kier molecular flexibility index (Phi) is 3.76. The molecule has 1 unspecified atom stereocenters. The van der Waals surface area contributed by atoms with Crippen LogP contribution < -0.4 is 0 Å². The Morgan fingerprint density at radius 1 is 1.53 bits per heavy atom. The third kappa shape index (κ3) is 2.65. The van der Waals surface area contributed by atoms with Gasteiger partial charge in [0.2, 0.25) is 11.8 Å². The van der Waals surface area contributed by atoms with Gasteiger partial charge in [0.15, 0.2) is 5.82 Å². The zero-order valence-electron chi connectivity index (χ0n) is 10.5. The van der Waals surface area contributed by atoms with E-state index in [-0.39, 0.29) is 11.9 Å². The van der Waals surface area contributed by atoms with Crippen molar-refractivity contribution in [2.75, 3.05) is 6.54 Å². The average Bonchev–Trinajstić information content (AvgIpc) is 2.76. The van der Waals surface area contributed by atoms with Gasteiger partial charge < -0.3 is 9.42 Å². The number of aromatic nitrogens is 2. The van der Waals surface area contributed by atoms with E-state index in [1.54, 1.807) is 6.92 Å². The first-order valence-electron chi connectivity index (χ1n) is 6.32. The van der Waals surface area contributed by atoms with E-state index < -0.39 is 0 Å². The Morgan fingerprint density at radius 2 is 2.35 bits per heavy atom. The molecule has 0 aromatic carbocycles. The van der Waals surface area contributed by atoms with Gasteiger partial charge in [-0.3, -0.25) is 4.79 Å². The molecule has 1 atom stereocenters. The molecule has 94 valence electrons. The number of piperidine rings is 1. The van der Waals surface area contributed by atoms with Crippen LogP contribution in [0.25, 0.3) is 0 Å². The van der Waals surface area contributed by atoms with Crippen LogP contribution in [0.5, 0.6) is 0 Å². The van der Waals surface area contributed by atoms with Crippen LogP contribution in [0.3, 0.4) is 0 Å². The molecule has 1 fully saturated rings. The van der Waals surface area contributed by atoms with Crippen molar-refractivity contribution in [3.05, 3.63) is 11.7 Å². The molecule has 1 amide bonds. The normalized spacial score (nSPS) is 20.6. The smallest absolute Gasteiger partial charge is 0.223 e. The van der Waals surface area contributed by atoms with Crippen LogP contribution in [0.2, 0.25) is 0 Å². The molecule has 2 rings (SSSR count). The summed E-state index contributed by atoms with van der Waals surface area (Å²) in [7, 11) is 0. The Balaban J connectivity index is 2.14. The summed E-state index contributed by atoms with van der Waals surface area (Å²) in [5.74, 6) is 1.43. The fraction of sp³-hybridized carbons (Fsp3) is 0.750.